The third-order valence-electron chi connectivity index (χ3n) is 5.63. The molecule has 0 aliphatic carbocycles. The van der Waals surface area contributed by atoms with E-state index in [1.165, 1.54) is 11.1 Å². The number of aryl methyl sites for hydroxylation is 2. The molecule has 132 valence electrons. The van der Waals surface area contributed by atoms with E-state index in [1.54, 1.807) is 4.68 Å². The Hall–Kier alpha value is -2.14. The molecule has 25 heavy (non-hydrogen) atoms. The summed E-state index contributed by atoms with van der Waals surface area (Å²) in [5.41, 5.74) is 4.14. The summed E-state index contributed by atoms with van der Waals surface area (Å²) in [5.74, 6) is 0.0774. The van der Waals surface area contributed by atoms with Gasteiger partial charge in [-0.2, -0.15) is 5.10 Å². The van der Waals surface area contributed by atoms with E-state index in [9.17, 15) is 4.79 Å². The number of ether oxygens (including phenoxy) is 1. The number of benzene rings is 1. The van der Waals surface area contributed by atoms with Gasteiger partial charge in [-0.15, -0.1) is 0 Å². The lowest BCUT2D eigenvalue weighted by Gasteiger charge is -2.45. The van der Waals surface area contributed by atoms with E-state index in [0.29, 0.717) is 5.69 Å². The number of hydrogen-bond donors (Lipinski definition) is 0. The first kappa shape index (κ1) is 16.3. The molecule has 0 unspecified atom stereocenters. The van der Waals surface area contributed by atoms with Crippen molar-refractivity contribution in [3.8, 4) is 0 Å². The molecule has 1 aromatic carbocycles. The van der Waals surface area contributed by atoms with Crippen molar-refractivity contribution in [2.24, 2.45) is 7.05 Å². The van der Waals surface area contributed by atoms with E-state index >= 15 is 0 Å². The molecule has 4 rings (SSSR count). The van der Waals surface area contributed by atoms with Gasteiger partial charge in [0.2, 0.25) is 0 Å². The summed E-state index contributed by atoms with van der Waals surface area (Å²) in [6.07, 6.45) is 3.53. The van der Waals surface area contributed by atoms with Crippen molar-refractivity contribution >= 4 is 5.91 Å². The molecular weight excluding hydrogens is 314 g/mol. The summed E-state index contributed by atoms with van der Waals surface area (Å²) in [5, 5.41) is 4.40. The van der Waals surface area contributed by atoms with Crippen molar-refractivity contribution in [3.63, 3.8) is 0 Å². The van der Waals surface area contributed by atoms with Gasteiger partial charge in [-0.3, -0.25) is 9.48 Å². The molecule has 0 atom stereocenters. The summed E-state index contributed by atoms with van der Waals surface area (Å²) < 4.78 is 7.96. The molecule has 3 heterocycles. The third-order valence-corrected chi connectivity index (χ3v) is 5.63. The van der Waals surface area contributed by atoms with Gasteiger partial charge in [0.25, 0.3) is 5.91 Å². The number of carbonyl (C=O) groups excluding carboxylic acids is 1. The van der Waals surface area contributed by atoms with Crippen molar-refractivity contribution in [2.75, 3.05) is 19.7 Å². The van der Waals surface area contributed by atoms with Gasteiger partial charge in [-0.1, -0.05) is 31.2 Å². The number of hydrogen-bond acceptors (Lipinski definition) is 3. The smallest absolute Gasteiger partial charge is 0.272 e. The number of likely N-dealkylation sites (tertiary alicyclic amines) is 1. The normalized spacial score (nSPS) is 19.0. The number of fused-ring (bicyclic) bond motifs is 2. The minimum Gasteiger partial charge on any atom is -0.370 e. The zero-order valence-electron chi connectivity index (χ0n) is 15.0. The van der Waals surface area contributed by atoms with Crippen LogP contribution < -0.4 is 0 Å². The van der Waals surface area contributed by atoms with Crippen molar-refractivity contribution in [2.45, 2.75) is 38.2 Å². The SMILES string of the molecule is CCc1cc(C(=O)N2CCC3(CC2)OCCc2ccccc23)n(C)n1. The van der Waals surface area contributed by atoms with E-state index in [1.807, 2.05) is 18.0 Å². The highest BCUT2D eigenvalue weighted by Gasteiger charge is 2.41. The number of aromatic nitrogens is 2. The Morgan fingerprint density at radius 1 is 1.28 bits per heavy atom. The van der Waals surface area contributed by atoms with E-state index < -0.39 is 0 Å². The highest BCUT2D eigenvalue weighted by atomic mass is 16.5. The Labute approximate surface area is 148 Å². The van der Waals surface area contributed by atoms with Crippen LogP contribution in [0.3, 0.4) is 0 Å². The summed E-state index contributed by atoms with van der Waals surface area (Å²) in [6.45, 7) is 4.27. The number of piperidine rings is 1. The van der Waals surface area contributed by atoms with E-state index in [-0.39, 0.29) is 11.5 Å². The van der Waals surface area contributed by atoms with Crippen LogP contribution in [0.5, 0.6) is 0 Å². The monoisotopic (exact) mass is 339 g/mol. The van der Waals surface area contributed by atoms with Crippen molar-refractivity contribution in [3.05, 3.63) is 52.8 Å². The molecule has 0 saturated carbocycles. The summed E-state index contributed by atoms with van der Waals surface area (Å²) in [4.78, 5) is 14.8. The average molecular weight is 339 g/mol. The predicted molar refractivity (Wildman–Crippen MR) is 95.5 cm³/mol. The maximum Gasteiger partial charge on any atom is 0.272 e. The fourth-order valence-electron chi connectivity index (χ4n) is 4.16. The average Bonchev–Trinajstić information content (AvgIpc) is 3.03. The Morgan fingerprint density at radius 3 is 2.76 bits per heavy atom. The minimum absolute atomic E-state index is 0.0774. The van der Waals surface area contributed by atoms with Crippen molar-refractivity contribution in [1.29, 1.82) is 0 Å². The molecule has 5 heteroatoms. The largest absolute Gasteiger partial charge is 0.370 e. The van der Waals surface area contributed by atoms with Crippen LogP contribution in [-0.4, -0.2) is 40.3 Å². The second kappa shape index (κ2) is 6.30. The lowest BCUT2D eigenvalue weighted by Crippen LogP contribution is -2.48. The lowest BCUT2D eigenvalue weighted by molar-refractivity contribution is -0.0935. The predicted octanol–water partition coefficient (Wildman–Crippen LogP) is 2.69. The minimum atomic E-state index is -0.216. The topological polar surface area (TPSA) is 47.4 Å². The molecule has 1 fully saturated rings. The Morgan fingerprint density at radius 2 is 2.04 bits per heavy atom. The highest BCUT2D eigenvalue weighted by molar-refractivity contribution is 5.92. The molecule has 1 saturated heterocycles. The van der Waals surface area contributed by atoms with Gasteiger partial charge in [-0.05, 0) is 42.9 Å². The summed E-state index contributed by atoms with van der Waals surface area (Å²) in [6, 6.07) is 10.5. The van der Waals surface area contributed by atoms with E-state index in [4.69, 9.17) is 4.74 Å². The van der Waals surface area contributed by atoms with Gasteiger partial charge in [0.1, 0.15) is 5.69 Å². The van der Waals surface area contributed by atoms with Crippen LogP contribution in [0.25, 0.3) is 0 Å². The molecule has 1 spiro atoms. The molecule has 1 amide bonds. The molecule has 2 aromatic rings. The Bertz CT molecular complexity index is 788. The standard InChI is InChI=1S/C20H25N3O2/c1-3-16-14-18(22(2)21-16)19(24)23-11-9-20(10-12-23)17-7-5-4-6-15(17)8-13-25-20/h4-7,14H,3,8-13H2,1-2H3. The van der Waals surface area contributed by atoms with Crippen LogP contribution in [0.15, 0.2) is 30.3 Å². The van der Waals surface area contributed by atoms with Crippen LogP contribution in [-0.2, 0) is 30.2 Å². The van der Waals surface area contributed by atoms with Gasteiger partial charge in [0.15, 0.2) is 0 Å². The molecule has 0 N–H and O–H groups in total. The van der Waals surface area contributed by atoms with Gasteiger partial charge in [0.05, 0.1) is 17.9 Å². The molecule has 2 aliphatic heterocycles. The second-order valence-corrected chi connectivity index (χ2v) is 7.04. The van der Waals surface area contributed by atoms with E-state index in [2.05, 4.69) is 36.3 Å². The molecular formula is C20H25N3O2. The van der Waals surface area contributed by atoms with Crippen LogP contribution in [0.1, 0.15) is 47.1 Å². The van der Waals surface area contributed by atoms with Crippen LogP contribution in [0, 0.1) is 0 Å². The maximum atomic E-state index is 12.9. The number of rotatable bonds is 2. The molecule has 0 radical (unpaired) electrons. The Kier molecular flexibility index (Phi) is 4.12. The Balaban J connectivity index is 1.52. The zero-order chi connectivity index (χ0) is 17.4. The fourth-order valence-corrected chi connectivity index (χ4v) is 4.16. The van der Waals surface area contributed by atoms with Crippen LogP contribution in [0.2, 0.25) is 0 Å². The molecule has 1 aromatic heterocycles. The van der Waals surface area contributed by atoms with Gasteiger partial charge in [-0.25, -0.2) is 0 Å². The summed E-state index contributed by atoms with van der Waals surface area (Å²) >= 11 is 0. The highest BCUT2D eigenvalue weighted by Crippen LogP contribution is 2.41. The number of amides is 1. The number of nitrogens with zero attached hydrogens (tertiary/aromatic N) is 3. The van der Waals surface area contributed by atoms with E-state index in [0.717, 1.165) is 51.1 Å². The zero-order valence-corrected chi connectivity index (χ0v) is 15.0. The first-order chi connectivity index (χ1) is 12.1. The molecule has 2 aliphatic rings. The first-order valence-electron chi connectivity index (χ1n) is 9.17. The quantitative estimate of drug-likeness (QED) is 0.845. The van der Waals surface area contributed by atoms with Crippen LogP contribution in [0.4, 0.5) is 0 Å². The maximum absolute atomic E-state index is 12.9. The summed E-state index contributed by atoms with van der Waals surface area (Å²) in [7, 11) is 1.85. The van der Waals surface area contributed by atoms with Crippen molar-refractivity contribution in [1.82, 2.24) is 14.7 Å². The second-order valence-electron chi connectivity index (χ2n) is 7.04. The van der Waals surface area contributed by atoms with Gasteiger partial charge in [0, 0.05) is 20.1 Å². The fraction of sp³-hybridized carbons (Fsp3) is 0.500. The molecule has 0 bridgehead atoms. The van der Waals surface area contributed by atoms with Crippen molar-refractivity contribution < 1.29 is 9.53 Å². The molecule has 5 nitrogen and oxygen atoms in total. The number of carbonyl (C=O) groups is 1. The lowest BCUT2D eigenvalue weighted by atomic mass is 9.79. The van der Waals surface area contributed by atoms with Gasteiger partial charge >= 0.3 is 0 Å². The first-order valence-corrected chi connectivity index (χ1v) is 9.17. The van der Waals surface area contributed by atoms with Gasteiger partial charge < -0.3 is 9.64 Å². The third kappa shape index (κ3) is 2.76. The van der Waals surface area contributed by atoms with Crippen LogP contribution >= 0.6 is 0 Å².